The van der Waals surface area contributed by atoms with E-state index in [1.165, 1.54) is 24.1 Å². The van der Waals surface area contributed by atoms with Crippen LogP contribution >= 0.6 is 11.8 Å². The minimum atomic E-state index is 0.693. The van der Waals surface area contributed by atoms with Crippen LogP contribution in [0, 0.1) is 6.92 Å². The summed E-state index contributed by atoms with van der Waals surface area (Å²) in [5.41, 5.74) is 9.40. The number of rotatable bonds is 4. The third kappa shape index (κ3) is 2.38. The summed E-state index contributed by atoms with van der Waals surface area (Å²) in [7, 11) is 0. The Morgan fingerprint density at radius 1 is 1.44 bits per heavy atom. The zero-order valence-electron chi connectivity index (χ0n) is 10.5. The number of aryl methyl sites for hydroxylation is 1. The van der Waals surface area contributed by atoms with Crippen molar-refractivity contribution in [1.29, 1.82) is 0 Å². The summed E-state index contributed by atoms with van der Waals surface area (Å²) in [4.78, 5) is 5.41. The number of benzene rings is 1. The van der Waals surface area contributed by atoms with Crippen molar-refractivity contribution < 1.29 is 0 Å². The van der Waals surface area contributed by atoms with Crippen LogP contribution < -0.4 is 5.73 Å². The highest BCUT2D eigenvalue weighted by Crippen LogP contribution is 2.37. The molecule has 2 N–H and O–H groups in total. The van der Waals surface area contributed by atoms with Gasteiger partial charge < -0.3 is 10.3 Å². The van der Waals surface area contributed by atoms with Crippen molar-refractivity contribution in [2.24, 2.45) is 0 Å². The fourth-order valence-corrected chi connectivity index (χ4v) is 2.99. The van der Waals surface area contributed by atoms with E-state index in [2.05, 4.69) is 28.6 Å². The molecular weight excluding hydrogens is 242 g/mol. The van der Waals surface area contributed by atoms with Gasteiger partial charge in [-0.3, -0.25) is 0 Å². The molecule has 2 aromatic rings. The van der Waals surface area contributed by atoms with Gasteiger partial charge in [-0.15, -0.1) is 11.8 Å². The van der Waals surface area contributed by atoms with Gasteiger partial charge in [0, 0.05) is 34.3 Å². The van der Waals surface area contributed by atoms with Crippen molar-refractivity contribution in [3.05, 3.63) is 42.0 Å². The number of nitrogens with zero attached hydrogens (tertiary/aromatic N) is 2. The molecule has 0 saturated heterocycles. The van der Waals surface area contributed by atoms with Crippen LogP contribution in [0.1, 0.15) is 30.1 Å². The van der Waals surface area contributed by atoms with E-state index in [-0.39, 0.29) is 0 Å². The molecule has 0 spiro atoms. The molecule has 1 fully saturated rings. The predicted octanol–water partition coefficient (Wildman–Crippen LogP) is 3.40. The monoisotopic (exact) mass is 259 g/mol. The van der Waals surface area contributed by atoms with Crippen molar-refractivity contribution in [2.75, 3.05) is 5.73 Å². The topological polar surface area (TPSA) is 43.8 Å². The van der Waals surface area contributed by atoms with Crippen LogP contribution in [-0.4, -0.2) is 9.55 Å². The number of imidazole rings is 1. The zero-order chi connectivity index (χ0) is 12.5. The molecule has 1 aromatic heterocycles. The Bertz CT molecular complexity index is 558. The number of hydrogen-bond donors (Lipinski definition) is 1. The first kappa shape index (κ1) is 11.7. The van der Waals surface area contributed by atoms with Gasteiger partial charge >= 0.3 is 0 Å². The highest BCUT2D eigenvalue weighted by molar-refractivity contribution is 7.98. The highest BCUT2D eigenvalue weighted by Gasteiger charge is 2.25. The maximum atomic E-state index is 6.03. The molecule has 1 saturated carbocycles. The summed E-state index contributed by atoms with van der Waals surface area (Å²) in [5.74, 6) is 0.934. The molecule has 0 radical (unpaired) electrons. The van der Waals surface area contributed by atoms with Gasteiger partial charge in [0.2, 0.25) is 0 Å². The van der Waals surface area contributed by atoms with E-state index in [9.17, 15) is 0 Å². The first-order chi connectivity index (χ1) is 8.74. The van der Waals surface area contributed by atoms with Crippen molar-refractivity contribution in [1.82, 2.24) is 9.55 Å². The third-order valence-electron chi connectivity index (χ3n) is 3.23. The van der Waals surface area contributed by atoms with Crippen LogP contribution in [-0.2, 0) is 5.75 Å². The van der Waals surface area contributed by atoms with E-state index in [1.54, 1.807) is 11.8 Å². The lowest BCUT2D eigenvalue weighted by Crippen LogP contribution is -1.97. The summed E-state index contributed by atoms with van der Waals surface area (Å²) in [6, 6.07) is 6.93. The smallest absolute Gasteiger partial charge is 0.0951 e. The second-order valence-electron chi connectivity index (χ2n) is 4.85. The Hall–Kier alpha value is -1.42. The zero-order valence-corrected chi connectivity index (χ0v) is 11.3. The van der Waals surface area contributed by atoms with Gasteiger partial charge in [-0.1, -0.05) is 6.07 Å². The second kappa shape index (κ2) is 4.69. The Labute approximate surface area is 111 Å². The number of nitrogens with two attached hydrogens (primary N) is 1. The molecule has 1 heterocycles. The maximum Gasteiger partial charge on any atom is 0.0951 e. The summed E-state index contributed by atoms with van der Waals surface area (Å²) in [6.07, 6.45) is 6.50. The van der Waals surface area contributed by atoms with Crippen LogP contribution in [0.5, 0.6) is 0 Å². The molecule has 3 nitrogen and oxygen atoms in total. The molecule has 94 valence electrons. The average Bonchev–Trinajstić information content (AvgIpc) is 3.08. The Kier molecular flexibility index (Phi) is 3.04. The standard InChI is InChI=1S/C14H17N3S/c1-10-2-5-14(13(15)6-10)18-8-12-7-16-9-17(12)11-3-4-11/h2,5-7,9,11H,3-4,8,15H2,1H3. The van der Waals surface area contributed by atoms with Crippen LogP contribution in [0.2, 0.25) is 0 Å². The van der Waals surface area contributed by atoms with E-state index in [1.807, 2.05) is 18.6 Å². The summed E-state index contributed by atoms with van der Waals surface area (Å²) < 4.78 is 2.30. The largest absolute Gasteiger partial charge is 0.398 e. The molecule has 1 aliphatic rings. The third-order valence-corrected chi connectivity index (χ3v) is 4.35. The van der Waals surface area contributed by atoms with Gasteiger partial charge in [-0.2, -0.15) is 0 Å². The average molecular weight is 259 g/mol. The number of aromatic nitrogens is 2. The fraction of sp³-hybridized carbons (Fsp3) is 0.357. The van der Waals surface area contributed by atoms with Crippen LogP contribution in [0.4, 0.5) is 5.69 Å². The van der Waals surface area contributed by atoms with E-state index in [4.69, 9.17) is 5.73 Å². The van der Waals surface area contributed by atoms with E-state index >= 15 is 0 Å². The minimum Gasteiger partial charge on any atom is -0.398 e. The molecule has 0 bridgehead atoms. The van der Waals surface area contributed by atoms with Crippen LogP contribution in [0.3, 0.4) is 0 Å². The molecule has 0 amide bonds. The molecule has 1 aliphatic carbocycles. The second-order valence-corrected chi connectivity index (χ2v) is 5.87. The molecule has 3 rings (SSSR count). The normalized spacial score (nSPS) is 14.9. The molecular formula is C14H17N3S. The number of hydrogen-bond acceptors (Lipinski definition) is 3. The van der Waals surface area contributed by atoms with E-state index in [0.29, 0.717) is 6.04 Å². The van der Waals surface area contributed by atoms with E-state index in [0.717, 1.165) is 16.3 Å². The van der Waals surface area contributed by atoms with Gasteiger partial charge in [0.05, 0.1) is 6.33 Å². The molecule has 18 heavy (non-hydrogen) atoms. The fourth-order valence-electron chi connectivity index (χ4n) is 2.08. The summed E-state index contributed by atoms with van der Waals surface area (Å²) >= 11 is 1.79. The van der Waals surface area contributed by atoms with Crippen molar-refractivity contribution >= 4 is 17.4 Å². The highest BCUT2D eigenvalue weighted by atomic mass is 32.2. The lowest BCUT2D eigenvalue weighted by Gasteiger charge is -2.08. The lowest BCUT2D eigenvalue weighted by atomic mass is 10.2. The molecule has 0 aliphatic heterocycles. The van der Waals surface area contributed by atoms with Gasteiger partial charge in [0.25, 0.3) is 0 Å². The quantitative estimate of drug-likeness (QED) is 0.676. The van der Waals surface area contributed by atoms with Crippen LogP contribution in [0.15, 0.2) is 35.6 Å². The van der Waals surface area contributed by atoms with E-state index < -0.39 is 0 Å². The van der Waals surface area contributed by atoms with Crippen molar-refractivity contribution in [2.45, 2.75) is 36.5 Å². The van der Waals surface area contributed by atoms with Crippen LogP contribution in [0.25, 0.3) is 0 Å². The van der Waals surface area contributed by atoms with Gasteiger partial charge in [0.1, 0.15) is 0 Å². The number of anilines is 1. The first-order valence-corrected chi connectivity index (χ1v) is 7.22. The molecule has 4 heteroatoms. The molecule has 0 atom stereocenters. The summed E-state index contributed by atoms with van der Waals surface area (Å²) in [6.45, 7) is 2.06. The summed E-state index contributed by atoms with van der Waals surface area (Å²) in [5, 5.41) is 0. The maximum absolute atomic E-state index is 6.03. The Morgan fingerprint density at radius 2 is 2.28 bits per heavy atom. The van der Waals surface area contributed by atoms with Gasteiger partial charge in [-0.05, 0) is 37.5 Å². The van der Waals surface area contributed by atoms with Gasteiger partial charge in [-0.25, -0.2) is 4.98 Å². The number of thioether (sulfide) groups is 1. The Balaban J connectivity index is 1.71. The SMILES string of the molecule is Cc1ccc(SCc2cncn2C2CC2)c(N)c1. The van der Waals surface area contributed by atoms with Gasteiger partial charge in [0.15, 0.2) is 0 Å². The van der Waals surface area contributed by atoms with Crippen molar-refractivity contribution in [3.63, 3.8) is 0 Å². The van der Waals surface area contributed by atoms with Crippen molar-refractivity contribution in [3.8, 4) is 0 Å². The molecule has 1 aromatic carbocycles. The Morgan fingerprint density at radius 3 is 3.00 bits per heavy atom. The minimum absolute atomic E-state index is 0.693. The lowest BCUT2D eigenvalue weighted by molar-refractivity contribution is 0.714. The predicted molar refractivity (Wildman–Crippen MR) is 75.7 cm³/mol. The first-order valence-electron chi connectivity index (χ1n) is 6.23. The molecule has 0 unspecified atom stereocenters. The number of nitrogen functional groups attached to an aromatic ring is 1.